The largest absolute Gasteiger partial charge is 0.478 e. The number of carboxylic acid groups (broad SMARTS) is 1. The van der Waals surface area contributed by atoms with E-state index in [0.29, 0.717) is 28.0 Å². The van der Waals surface area contributed by atoms with Crippen molar-refractivity contribution in [2.75, 3.05) is 4.90 Å². The number of amides is 1. The number of anilines is 1. The topological polar surface area (TPSA) is 120 Å². The molecular formula is C26H21F2N5O5. The summed E-state index contributed by atoms with van der Waals surface area (Å²) in [5, 5.41) is 16.7. The van der Waals surface area contributed by atoms with Crippen LogP contribution in [0.1, 0.15) is 36.0 Å². The number of hydrogen-bond donors (Lipinski definition) is 1. The molecule has 4 aromatic rings. The Morgan fingerprint density at radius 3 is 2.29 bits per heavy atom. The number of rotatable bonds is 6. The number of halogens is 2. The molecule has 0 bridgehead atoms. The lowest BCUT2D eigenvalue weighted by Crippen LogP contribution is -2.46. The number of ether oxygens (including phenoxy) is 1. The van der Waals surface area contributed by atoms with Crippen LogP contribution >= 0.6 is 0 Å². The first-order chi connectivity index (χ1) is 18.3. The summed E-state index contributed by atoms with van der Waals surface area (Å²) < 4.78 is 35.4. The van der Waals surface area contributed by atoms with Crippen LogP contribution in [-0.4, -0.2) is 42.9 Å². The zero-order valence-electron chi connectivity index (χ0n) is 19.8. The third kappa shape index (κ3) is 4.63. The summed E-state index contributed by atoms with van der Waals surface area (Å²) in [6.45, 7) is 0. The first kappa shape index (κ1) is 24.8. The highest BCUT2D eigenvalue weighted by Crippen LogP contribution is 2.38. The van der Waals surface area contributed by atoms with E-state index in [1.54, 1.807) is 30.3 Å². The standard InChI is InChI=1S/C26H21F2N5O5/c27-19-11-6-12-20(28)23(19)32-26(37)33(30-29-32)25(36)31(17-7-4-5-8-17)21-14-13-16(24(34)35)15-22(21)38-18-9-2-1-3-10-18/h1-3,6,9-15,17H,4-5,7-8H2,(H,34,35). The summed E-state index contributed by atoms with van der Waals surface area (Å²) in [4.78, 5) is 39.9. The minimum absolute atomic E-state index is 0.0666. The Hall–Kier alpha value is -4.87. The number of benzene rings is 3. The van der Waals surface area contributed by atoms with Crippen LogP contribution in [0.4, 0.5) is 19.3 Å². The van der Waals surface area contributed by atoms with Crippen molar-refractivity contribution in [3.8, 4) is 17.2 Å². The summed E-state index contributed by atoms with van der Waals surface area (Å²) >= 11 is 0. The predicted octanol–water partition coefficient (Wildman–Crippen LogP) is 4.62. The highest BCUT2D eigenvalue weighted by Gasteiger charge is 2.34. The average Bonchev–Trinajstić information content (AvgIpc) is 3.56. The number of aromatic nitrogens is 4. The van der Waals surface area contributed by atoms with Crippen molar-refractivity contribution in [1.29, 1.82) is 0 Å². The number of carboxylic acids is 1. The minimum Gasteiger partial charge on any atom is -0.478 e. The van der Waals surface area contributed by atoms with Gasteiger partial charge in [0.25, 0.3) is 0 Å². The van der Waals surface area contributed by atoms with Crippen LogP contribution in [0.2, 0.25) is 0 Å². The van der Waals surface area contributed by atoms with Crippen molar-refractivity contribution < 1.29 is 28.2 Å². The number of aromatic carboxylic acids is 1. The Kier molecular flexibility index (Phi) is 6.69. The summed E-state index contributed by atoms with van der Waals surface area (Å²) in [5.41, 5.74) is -1.80. The van der Waals surface area contributed by atoms with E-state index >= 15 is 0 Å². The molecule has 1 fully saturated rings. The van der Waals surface area contributed by atoms with Crippen molar-refractivity contribution in [1.82, 2.24) is 19.8 Å². The molecule has 1 amide bonds. The second-order valence-corrected chi connectivity index (χ2v) is 8.65. The molecule has 0 atom stereocenters. The van der Waals surface area contributed by atoms with Crippen LogP contribution in [0.5, 0.6) is 11.5 Å². The predicted molar refractivity (Wildman–Crippen MR) is 131 cm³/mol. The second kappa shape index (κ2) is 10.2. The molecule has 3 aromatic carbocycles. The quantitative estimate of drug-likeness (QED) is 0.368. The Labute approximate surface area is 214 Å². The van der Waals surface area contributed by atoms with Gasteiger partial charge in [0, 0.05) is 6.04 Å². The van der Waals surface area contributed by atoms with E-state index in [2.05, 4.69) is 10.4 Å². The van der Waals surface area contributed by atoms with Gasteiger partial charge in [-0.15, -0.1) is 4.68 Å². The van der Waals surface area contributed by atoms with Gasteiger partial charge in [-0.3, -0.25) is 4.90 Å². The SMILES string of the molecule is O=C(O)c1ccc(N(C(=O)n2nnn(-c3c(F)cccc3F)c2=O)C2CCCC2)c(Oc2ccccc2)c1. The fourth-order valence-electron chi connectivity index (χ4n) is 4.46. The van der Waals surface area contributed by atoms with Gasteiger partial charge in [-0.1, -0.05) is 37.1 Å². The maximum absolute atomic E-state index is 14.3. The van der Waals surface area contributed by atoms with Gasteiger partial charge in [0.1, 0.15) is 11.4 Å². The van der Waals surface area contributed by atoms with Crippen LogP contribution in [0.25, 0.3) is 5.69 Å². The molecular weight excluding hydrogens is 500 g/mol. The Morgan fingerprint density at radius 2 is 1.63 bits per heavy atom. The zero-order valence-corrected chi connectivity index (χ0v) is 19.8. The van der Waals surface area contributed by atoms with Crippen LogP contribution in [0.3, 0.4) is 0 Å². The van der Waals surface area contributed by atoms with Crippen molar-refractivity contribution in [3.05, 3.63) is 94.4 Å². The highest BCUT2D eigenvalue weighted by atomic mass is 19.1. The monoisotopic (exact) mass is 521 g/mol. The van der Waals surface area contributed by atoms with E-state index in [4.69, 9.17) is 4.74 Å². The molecule has 1 aliphatic carbocycles. The lowest BCUT2D eigenvalue weighted by atomic mass is 10.1. The Balaban J connectivity index is 1.62. The van der Waals surface area contributed by atoms with Gasteiger partial charge in [-0.2, -0.15) is 4.68 Å². The van der Waals surface area contributed by atoms with Crippen LogP contribution in [0.15, 0.2) is 71.5 Å². The molecule has 0 unspecified atom stereocenters. The van der Waals surface area contributed by atoms with E-state index in [0.717, 1.165) is 31.0 Å². The normalized spacial score (nSPS) is 13.4. The molecule has 1 saturated carbocycles. The van der Waals surface area contributed by atoms with Crippen molar-refractivity contribution >= 4 is 17.7 Å². The summed E-state index contributed by atoms with van der Waals surface area (Å²) in [6, 6.07) is 14.3. The third-order valence-electron chi connectivity index (χ3n) is 6.25. The molecule has 1 N–H and O–H groups in total. The van der Waals surface area contributed by atoms with Crippen molar-refractivity contribution in [2.45, 2.75) is 31.7 Å². The maximum Gasteiger partial charge on any atom is 0.377 e. The number of para-hydroxylation sites is 2. The molecule has 0 aliphatic heterocycles. The number of carbonyl (C=O) groups excluding carboxylic acids is 1. The molecule has 1 aliphatic rings. The number of hydrogen-bond acceptors (Lipinski definition) is 6. The minimum atomic E-state index is -1.20. The van der Waals surface area contributed by atoms with Gasteiger partial charge in [0.2, 0.25) is 0 Å². The van der Waals surface area contributed by atoms with Gasteiger partial charge >= 0.3 is 17.7 Å². The smallest absolute Gasteiger partial charge is 0.377 e. The molecule has 0 radical (unpaired) electrons. The van der Waals surface area contributed by atoms with Crippen LogP contribution in [0, 0.1) is 11.6 Å². The van der Waals surface area contributed by atoms with E-state index in [1.165, 1.54) is 23.1 Å². The highest BCUT2D eigenvalue weighted by molar-refractivity contribution is 5.97. The molecule has 5 rings (SSSR count). The summed E-state index contributed by atoms with van der Waals surface area (Å²) in [6.07, 6.45) is 2.83. The first-order valence-corrected chi connectivity index (χ1v) is 11.8. The van der Waals surface area contributed by atoms with Gasteiger partial charge in [0.15, 0.2) is 17.4 Å². The first-order valence-electron chi connectivity index (χ1n) is 11.8. The molecule has 1 aromatic heterocycles. The zero-order chi connectivity index (χ0) is 26.8. The number of tetrazole rings is 1. The van der Waals surface area contributed by atoms with E-state index < -0.39 is 35.0 Å². The van der Waals surface area contributed by atoms with Gasteiger partial charge in [-0.05, 0) is 65.7 Å². The molecule has 10 nitrogen and oxygen atoms in total. The van der Waals surface area contributed by atoms with Gasteiger partial charge in [-0.25, -0.2) is 23.2 Å². The van der Waals surface area contributed by atoms with E-state index in [1.807, 2.05) is 0 Å². The second-order valence-electron chi connectivity index (χ2n) is 8.65. The molecule has 1 heterocycles. The molecule has 0 saturated heterocycles. The van der Waals surface area contributed by atoms with Gasteiger partial charge in [0.05, 0.1) is 11.3 Å². The molecule has 194 valence electrons. The van der Waals surface area contributed by atoms with Gasteiger partial charge < -0.3 is 9.84 Å². The summed E-state index contributed by atoms with van der Waals surface area (Å²) in [7, 11) is 0. The van der Waals surface area contributed by atoms with E-state index in [9.17, 15) is 28.3 Å². The number of nitrogens with zero attached hydrogens (tertiary/aromatic N) is 5. The van der Waals surface area contributed by atoms with E-state index in [-0.39, 0.29) is 23.0 Å². The lowest BCUT2D eigenvalue weighted by molar-refractivity contribution is 0.0696. The average molecular weight is 521 g/mol. The lowest BCUT2D eigenvalue weighted by Gasteiger charge is -2.29. The van der Waals surface area contributed by atoms with Crippen LogP contribution < -0.4 is 15.3 Å². The fourth-order valence-corrected chi connectivity index (χ4v) is 4.46. The third-order valence-corrected chi connectivity index (χ3v) is 6.25. The Morgan fingerprint density at radius 1 is 0.947 bits per heavy atom. The van der Waals surface area contributed by atoms with Crippen LogP contribution in [-0.2, 0) is 0 Å². The maximum atomic E-state index is 14.3. The Bertz CT molecular complexity index is 1540. The molecule has 12 heteroatoms. The molecule has 38 heavy (non-hydrogen) atoms. The number of carbonyl (C=O) groups is 2. The van der Waals surface area contributed by atoms with Crippen molar-refractivity contribution in [2.24, 2.45) is 0 Å². The summed E-state index contributed by atoms with van der Waals surface area (Å²) in [5.74, 6) is -2.84. The fraction of sp³-hybridized carbons (Fsp3) is 0.192. The van der Waals surface area contributed by atoms with Crippen molar-refractivity contribution in [3.63, 3.8) is 0 Å². The molecule has 0 spiro atoms.